The first-order chi connectivity index (χ1) is 10.9. The van der Waals surface area contributed by atoms with Crippen molar-refractivity contribution in [3.05, 3.63) is 40.8 Å². The molecule has 0 amide bonds. The van der Waals surface area contributed by atoms with Crippen LogP contribution < -0.4 is 4.74 Å². The molecule has 3 aromatic rings. The van der Waals surface area contributed by atoms with Crippen LogP contribution >= 0.6 is 11.3 Å². The Morgan fingerprint density at radius 2 is 1.96 bits per heavy atom. The van der Waals surface area contributed by atoms with Crippen LogP contribution in [0.2, 0.25) is 0 Å². The molecule has 1 aromatic heterocycles. The van der Waals surface area contributed by atoms with Gasteiger partial charge in [0.05, 0.1) is 12.9 Å². The van der Waals surface area contributed by atoms with Crippen molar-refractivity contribution in [1.29, 1.82) is 0 Å². The van der Waals surface area contributed by atoms with Gasteiger partial charge in [0.25, 0.3) is 10.1 Å². The lowest BCUT2D eigenvalue weighted by atomic mass is 9.93. The lowest BCUT2D eigenvalue weighted by Gasteiger charge is -2.13. The summed E-state index contributed by atoms with van der Waals surface area (Å²) in [5.74, 6) is 0.559. The Morgan fingerprint density at radius 1 is 1.17 bits per heavy atom. The van der Waals surface area contributed by atoms with Crippen molar-refractivity contribution in [3.63, 3.8) is 0 Å². The van der Waals surface area contributed by atoms with Gasteiger partial charge in [0, 0.05) is 10.1 Å². The average molecular weight is 350 g/mol. The third kappa shape index (κ3) is 3.20. The summed E-state index contributed by atoms with van der Waals surface area (Å²) in [5, 5.41) is 5.52. The molecule has 4 nitrogen and oxygen atoms in total. The van der Waals surface area contributed by atoms with Crippen LogP contribution in [-0.4, -0.2) is 25.8 Å². The monoisotopic (exact) mass is 350 g/mol. The summed E-state index contributed by atoms with van der Waals surface area (Å²) in [6.07, 6.45) is 0.989. The summed E-state index contributed by atoms with van der Waals surface area (Å²) in [6.45, 7) is 2.07. The molecule has 0 bridgehead atoms. The summed E-state index contributed by atoms with van der Waals surface area (Å²) in [4.78, 5) is 0. The van der Waals surface area contributed by atoms with Gasteiger partial charge in [-0.25, -0.2) is 0 Å². The molecule has 2 aromatic carbocycles. The van der Waals surface area contributed by atoms with Gasteiger partial charge in [0.15, 0.2) is 0 Å². The molecule has 0 spiro atoms. The molecule has 1 N–H and O–H groups in total. The molecule has 0 unspecified atom stereocenters. The third-order valence-corrected chi connectivity index (χ3v) is 5.90. The average Bonchev–Trinajstić information content (AvgIpc) is 2.98. The Balaban J connectivity index is 2.17. The minimum Gasteiger partial charge on any atom is -0.497 e. The van der Waals surface area contributed by atoms with E-state index < -0.39 is 10.1 Å². The lowest BCUT2D eigenvalue weighted by molar-refractivity contribution is 0.415. The topological polar surface area (TPSA) is 63.6 Å². The highest BCUT2D eigenvalue weighted by Crippen LogP contribution is 2.37. The first kappa shape index (κ1) is 16.2. The highest BCUT2D eigenvalue weighted by molar-refractivity contribution is 7.85. The van der Waals surface area contributed by atoms with Crippen LogP contribution in [0, 0.1) is 6.92 Å². The summed E-state index contributed by atoms with van der Waals surface area (Å²) in [7, 11) is -2.29. The van der Waals surface area contributed by atoms with Crippen molar-refractivity contribution in [3.8, 4) is 5.75 Å². The Labute approximate surface area is 139 Å². The van der Waals surface area contributed by atoms with Crippen LogP contribution in [-0.2, 0) is 16.5 Å². The van der Waals surface area contributed by atoms with E-state index in [1.165, 1.54) is 10.1 Å². The number of aryl methyl sites for hydroxylation is 2. The number of benzene rings is 2. The zero-order chi connectivity index (χ0) is 16.6. The van der Waals surface area contributed by atoms with Gasteiger partial charge in [0.1, 0.15) is 5.75 Å². The molecule has 0 radical (unpaired) electrons. The number of thiophene rings is 1. The molecule has 1 heterocycles. The Hall–Kier alpha value is -1.63. The van der Waals surface area contributed by atoms with Crippen molar-refractivity contribution >= 4 is 42.3 Å². The normalized spacial score (nSPS) is 12.1. The highest BCUT2D eigenvalue weighted by atomic mass is 32.2. The van der Waals surface area contributed by atoms with Crippen molar-refractivity contribution in [2.24, 2.45) is 0 Å². The van der Waals surface area contributed by atoms with Crippen LogP contribution in [0.15, 0.2) is 29.6 Å². The predicted molar refractivity (Wildman–Crippen MR) is 95.4 cm³/mol. The summed E-state index contributed by atoms with van der Waals surface area (Å²) in [5.41, 5.74) is 2.28. The van der Waals surface area contributed by atoms with Gasteiger partial charge in [-0.2, -0.15) is 8.42 Å². The number of hydrogen-bond acceptors (Lipinski definition) is 4. The number of fused-ring (bicyclic) bond motifs is 3. The van der Waals surface area contributed by atoms with Gasteiger partial charge >= 0.3 is 0 Å². The lowest BCUT2D eigenvalue weighted by Crippen LogP contribution is -2.05. The molecule has 0 aliphatic heterocycles. The van der Waals surface area contributed by atoms with Crippen molar-refractivity contribution in [1.82, 2.24) is 0 Å². The van der Waals surface area contributed by atoms with E-state index in [0.717, 1.165) is 27.6 Å². The summed E-state index contributed by atoms with van der Waals surface area (Å²) >= 11 is 1.70. The predicted octanol–water partition coefficient (Wildman–Crippen LogP) is 4.19. The van der Waals surface area contributed by atoms with E-state index in [0.29, 0.717) is 12.8 Å². The highest BCUT2D eigenvalue weighted by Gasteiger charge is 2.14. The summed E-state index contributed by atoms with van der Waals surface area (Å²) in [6, 6.07) is 8.10. The number of hydrogen-bond donors (Lipinski definition) is 1. The van der Waals surface area contributed by atoms with E-state index in [2.05, 4.69) is 24.4 Å². The summed E-state index contributed by atoms with van der Waals surface area (Å²) < 4.78 is 37.5. The molecule has 0 aliphatic rings. The fourth-order valence-electron chi connectivity index (χ4n) is 3.03. The standard InChI is InChI=1S/C17H18O4S2/c1-11-13(4-3-9-23(18,19)20)16-10-12(21-2)5-6-15(16)17-14(11)7-8-22-17/h5-8,10H,3-4,9H2,1-2H3,(H,18,19,20). The Bertz CT molecular complexity index is 971. The van der Waals surface area contributed by atoms with E-state index in [1.54, 1.807) is 18.4 Å². The molecule has 0 saturated heterocycles. The molecule has 0 fully saturated rings. The molecule has 3 rings (SSSR count). The van der Waals surface area contributed by atoms with Gasteiger partial charge < -0.3 is 4.74 Å². The fraction of sp³-hybridized carbons (Fsp3) is 0.294. The zero-order valence-corrected chi connectivity index (χ0v) is 14.6. The zero-order valence-electron chi connectivity index (χ0n) is 13.0. The molecule has 0 aliphatic carbocycles. The number of ether oxygens (including phenoxy) is 1. The quantitative estimate of drug-likeness (QED) is 0.701. The first-order valence-corrected chi connectivity index (χ1v) is 9.81. The SMILES string of the molecule is COc1ccc2c(c1)c(CCCS(=O)(=O)O)c(C)c1ccsc12. The van der Waals surface area contributed by atoms with Gasteiger partial charge in [-0.1, -0.05) is 0 Å². The van der Waals surface area contributed by atoms with Crippen LogP contribution in [0.4, 0.5) is 0 Å². The molecule has 0 atom stereocenters. The maximum absolute atomic E-state index is 11.0. The largest absolute Gasteiger partial charge is 0.497 e. The van der Waals surface area contributed by atoms with Crippen LogP contribution in [0.1, 0.15) is 17.5 Å². The molecule has 6 heteroatoms. The van der Waals surface area contributed by atoms with Gasteiger partial charge in [-0.3, -0.25) is 4.55 Å². The van der Waals surface area contributed by atoms with E-state index in [9.17, 15) is 8.42 Å². The number of rotatable bonds is 5. The van der Waals surface area contributed by atoms with Gasteiger partial charge in [-0.15, -0.1) is 11.3 Å². The Kier molecular flexibility index (Phi) is 4.31. The van der Waals surface area contributed by atoms with Crippen LogP contribution in [0.25, 0.3) is 20.9 Å². The van der Waals surface area contributed by atoms with Crippen LogP contribution in [0.3, 0.4) is 0 Å². The minimum atomic E-state index is -3.93. The molecular formula is C17H18O4S2. The maximum Gasteiger partial charge on any atom is 0.264 e. The van der Waals surface area contributed by atoms with Gasteiger partial charge in [0.2, 0.25) is 0 Å². The first-order valence-electron chi connectivity index (χ1n) is 7.32. The van der Waals surface area contributed by atoms with Crippen molar-refractivity contribution in [2.45, 2.75) is 19.8 Å². The molecule has 0 saturated carbocycles. The van der Waals surface area contributed by atoms with E-state index in [1.807, 2.05) is 12.1 Å². The van der Waals surface area contributed by atoms with Crippen molar-refractivity contribution < 1.29 is 17.7 Å². The second-order valence-corrected chi connectivity index (χ2v) is 8.06. The smallest absolute Gasteiger partial charge is 0.264 e. The fourth-order valence-corrected chi connectivity index (χ4v) is 4.53. The van der Waals surface area contributed by atoms with Gasteiger partial charge in [-0.05, 0) is 71.3 Å². The second kappa shape index (κ2) is 6.11. The van der Waals surface area contributed by atoms with E-state index in [-0.39, 0.29) is 5.75 Å². The van der Waals surface area contributed by atoms with E-state index in [4.69, 9.17) is 9.29 Å². The van der Waals surface area contributed by atoms with Crippen molar-refractivity contribution in [2.75, 3.05) is 12.9 Å². The molecule has 23 heavy (non-hydrogen) atoms. The van der Waals surface area contributed by atoms with E-state index >= 15 is 0 Å². The maximum atomic E-state index is 11.0. The third-order valence-electron chi connectivity index (χ3n) is 4.15. The second-order valence-electron chi connectivity index (χ2n) is 5.57. The molecule has 122 valence electrons. The minimum absolute atomic E-state index is 0.223. The number of methoxy groups -OCH3 is 1. The van der Waals surface area contributed by atoms with Crippen LogP contribution in [0.5, 0.6) is 5.75 Å². The molecular weight excluding hydrogens is 332 g/mol. The Morgan fingerprint density at radius 3 is 2.65 bits per heavy atom.